The number of amides is 3. The van der Waals surface area contributed by atoms with E-state index in [-0.39, 0.29) is 23.8 Å². The van der Waals surface area contributed by atoms with Crippen molar-refractivity contribution in [1.29, 1.82) is 0 Å². The van der Waals surface area contributed by atoms with E-state index in [1.54, 1.807) is 18.2 Å². The average Bonchev–Trinajstić information content (AvgIpc) is 3.51. The van der Waals surface area contributed by atoms with Crippen LogP contribution in [0, 0.1) is 0 Å². The maximum Gasteiger partial charge on any atom is 0.338 e. The number of rotatable bonds is 8. The largest absolute Gasteiger partial charge is 0.452 e. The molecule has 5 rings (SSSR count). The minimum Gasteiger partial charge on any atom is -0.452 e. The third-order valence-corrected chi connectivity index (χ3v) is 8.29. The van der Waals surface area contributed by atoms with Gasteiger partial charge in [-0.3, -0.25) is 19.7 Å². The number of aromatic nitrogens is 1. The molecule has 3 N–H and O–H groups in total. The van der Waals surface area contributed by atoms with Crippen LogP contribution in [0.4, 0.5) is 16.5 Å². The second-order valence-corrected chi connectivity index (χ2v) is 11.7. The van der Waals surface area contributed by atoms with Crippen LogP contribution in [-0.2, 0) is 19.1 Å². The first kappa shape index (κ1) is 27.6. The zero-order chi connectivity index (χ0) is 28.2. The Kier molecular flexibility index (Phi) is 8.29. The van der Waals surface area contributed by atoms with Gasteiger partial charge in [-0.15, -0.1) is 23.1 Å². The van der Waals surface area contributed by atoms with Crippen molar-refractivity contribution in [1.82, 2.24) is 4.98 Å². The molecule has 0 radical (unpaired) electrons. The molecule has 1 fully saturated rings. The highest BCUT2D eigenvalue weighted by Crippen LogP contribution is 2.34. The second kappa shape index (κ2) is 12.0. The molecule has 12 heteroatoms. The first-order valence-electron chi connectivity index (χ1n) is 11.9. The number of nitrogens with zero attached hydrogens (tertiary/aromatic N) is 2. The van der Waals surface area contributed by atoms with Gasteiger partial charge >= 0.3 is 5.97 Å². The zero-order valence-electron chi connectivity index (χ0n) is 20.7. The van der Waals surface area contributed by atoms with Crippen molar-refractivity contribution < 1.29 is 23.9 Å². The molecular weight excluding hydrogens is 616 g/mol. The number of nitrogens with one attached hydrogen (secondary N) is 1. The Morgan fingerprint density at radius 1 is 1.10 bits per heavy atom. The van der Waals surface area contributed by atoms with Gasteiger partial charge in [0.15, 0.2) is 11.7 Å². The fraction of sp³-hybridized carbons (Fsp3) is 0.107. The lowest BCUT2D eigenvalue weighted by Crippen LogP contribution is -2.31. The highest BCUT2D eigenvalue weighted by Gasteiger charge is 2.40. The van der Waals surface area contributed by atoms with Crippen molar-refractivity contribution >= 4 is 79.2 Å². The molecule has 0 aliphatic carbocycles. The predicted molar refractivity (Wildman–Crippen MR) is 158 cm³/mol. The molecule has 3 amide bonds. The number of nitrogens with two attached hydrogens (primary N) is 1. The van der Waals surface area contributed by atoms with E-state index in [9.17, 15) is 19.2 Å². The summed E-state index contributed by atoms with van der Waals surface area (Å²) in [6.07, 6.45) is 0.0565. The number of imide groups is 1. The van der Waals surface area contributed by atoms with Gasteiger partial charge in [-0.1, -0.05) is 34.1 Å². The Morgan fingerprint density at radius 3 is 2.58 bits per heavy atom. The summed E-state index contributed by atoms with van der Waals surface area (Å²) in [4.78, 5) is 56.7. The molecule has 0 spiro atoms. The molecule has 1 aliphatic rings. The number of thioether (sulfide) groups is 1. The molecule has 1 saturated heterocycles. The molecule has 1 aromatic heterocycles. The fourth-order valence-electron chi connectivity index (χ4n) is 3.92. The number of carbonyl (C=O) groups excluding carboxylic acids is 4. The van der Waals surface area contributed by atoms with Gasteiger partial charge in [0.2, 0.25) is 11.8 Å². The van der Waals surface area contributed by atoms with Crippen molar-refractivity contribution in [2.24, 2.45) is 0 Å². The van der Waals surface area contributed by atoms with E-state index >= 15 is 0 Å². The second-order valence-electron chi connectivity index (χ2n) is 8.67. The zero-order valence-corrected chi connectivity index (χ0v) is 23.9. The summed E-state index contributed by atoms with van der Waals surface area (Å²) in [6.45, 7) is -0.500. The number of benzene rings is 3. The van der Waals surface area contributed by atoms with Crippen LogP contribution in [0.1, 0.15) is 16.8 Å². The van der Waals surface area contributed by atoms with Crippen molar-refractivity contribution in [2.45, 2.75) is 16.6 Å². The lowest BCUT2D eigenvalue weighted by molar-refractivity contribution is -0.121. The van der Waals surface area contributed by atoms with Crippen LogP contribution in [0.3, 0.4) is 0 Å². The third kappa shape index (κ3) is 6.41. The van der Waals surface area contributed by atoms with Gasteiger partial charge in [-0.25, -0.2) is 14.7 Å². The van der Waals surface area contributed by atoms with Crippen LogP contribution in [0.25, 0.3) is 11.3 Å². The normalized spacial score (nSPS) is 14.8. The van der Waals surface area contributed by atoms with Gasteiger partial charge < -0.3 is 10.5 Å². The van der Waals surface area contributed by atoms with Crippen molar-refractivity contribution in [2.75, 3.05) is 22.6 Å². The maximum atomic E-state index is 13.0. The van der Waals surface area contributed by atoms with Crippen molar-refractivity contribution in [3.8, 4) is 11.3 Å². The topological polar surface area (TPSA) is 132 Å². The number of thiazole rings is 1. The summed E-state index contributed by atoms with van der Waals surface area (Å²) in [6, 6.07) is 20.6. The Balaban J connectivity index is 1.14. The standard InChI is InChI=1S/C28H21BrN4O5S2/c29-18-8-4-16(5-9-18)22-15-39-28(31-22)32-24(34)14-38-27(37)17-6-10-20(11-7-17)33-25(35)13-23(26(33)36)40-21-3-1-2-19(30)12-21/h1-12,15,23H,13-14,30H2,(H,31,32,34). The molecule has 4 aromatic rings. The SMILES string of the molecule is Nc1cccc(SC2CC(=O)N(c3ccc(C(=O)OCC(=O)Nc4nc(-c5ccc(Br)cc5)cs4)cc3)C2=O)c1. The Morgan fingerprint density at radius 2 is 1.85 bits per heavy atom. The van der Waals surface area contributed by atoms with Gasteiger partial charge in [0.25, 0.3) is 5.91 Å². The Labute approximate surface area is 245 Å². The van der Waals surface area contributed by atoms with E-state index in [2.05, 4.69) is 26.2 Å². The van der Waals surface area contributed by atoms with Gasteiger partial charge in [0.1, 0.15) is 0 Å². The molecule has 2 heterocycles. The molecule has 0 saturated carbocycles. The summed E-state index contributed by atoms with van der Waals surface area (Å²) in [7, 11) is 0. The van der Waals surface area contributed by atoms with Gasteiger partial charge in [0.05, 0.1) is 22.2 Å². The molecule has 40 heavy (non-hydrogen) atoms. The molecule has 1 unspecified atom stereocenters. The summed E-state index contributed by atoms with van der Waals surface area (Å²) in [5.74, 6) is -1.91. The van der Waals surface area contributed by atoms with E-state index in [1.165, 1.54) is 47.4 Å². The lowest BCUT2D eigenvalue weighted by atomic mass is 10.2. The summed E-state index contributed by atoms with van der Waals surface area (Å²) in [5, 5.41) is 4.26. The fourth-order valence-corrected chi connectivity index (χ4v) is 6.04. The van der Waals surface area contributed by atoms with Crippen LogP contribution < -0.4 is 16.0 Å². The number of halogens is 1. The number of anilines is 3. The van der Waals surface area contributed by atoms with Crippen LogP contribution in [0.5, 0.6) is 0 Å². The van der Waals surface area contributed by atoms with E-state index in [4.69, 9.17) is 10.5 Å². The first-order valence-corrected chi connectivity index (χ1v) is 14.5. The number of esters is 1. The van der Waals surface area contributed by atoms with Gasteiger partial charge in [-0.2, -0.15) is 0 Å². The van der Waals surface area contributed by atoms with Crippen LogP contribution in [0.15, 0.2) is 87.5 Å². The van der Waals surface area contributed by atoms with Crippen molar-refractivity contribution in [3.63, 3.8) is 0 Å². The minimum absolute atomic E-state index is 0.0565. The molecule has 9 nitrogen and oxygen atoms in total. The first-order chi connectivity index (χ1) is 19.3. The quantitative estimate of drug-likeness (QED) is 0.150. The molecule has 3 aromatic carbocycles. The highest BCUT2D eigenvalue weighted by atomic mass is 79.9. The average molecular weight is 638 g/mol. The Bertz CT molecular complexity index is 1590. The molecular formula is C28H21BrN4O5S2. The molecule has 1 aliphatic heterocycles. The van der Waals surface area contributed by atoms with E-state index in [1.807, 2.05) is 35.7 Å². The number of carbonyl (C=O) groups is 4. The van der Waals surface area contributed by atoms with Crippen molar-refractivity contribution in [3.05, 3.63) is 88.2 Å². The smallest absolute Gasteiger partial charge is 0.338 e. The number of nitrogen functional groups attached to an aromatic ring is 1. The summed E-state index contributed by atoms with van der Waals surface area (Å²) >= 11 is 5.93. The van der Waals surface area contributed by atoms with Crippen LogP contribution in [0.2, 0.25) is 0 Å². The minimum atomic E-state index is -0.717. The Hall–Kier alpha value is -4.00. The van der Waals surface area contributed by atoms with E-state index < -0.39 is 23.7 Å². The van der Waals surface area contributed by atoms with Crippen LogP contribution >= 0.6 is 39.0 Å². The molecule has 202 valence electrons. The monoisotopic (exact) mass is 636 g/mol. The highest BCUT2D eigenvalue weighted by molar-refractivity contribution is 9.10. The molecule has 0 bridgehead atoms. The third-order valence-electron chi connectivity index (χ3n) is 5.83. The van der Waals surface area contributed by atoms with Crippen LogP contribution in [-0.4, -0.2) is 40.5 Å². The predicted octanol–water partition coefficient (Wildman–Crippen LogP) is 5.37. The lowest BCUT2D eigenvalue weighted by Gasteiger charge is -2.15. The van der Waals surface area contributed by atoms with E-state index in [0.29, 0.717) is 16.5 Å². The summed E-state index contributed by atoms with van der Waals surface area (Å²) < 4.78 is 6.08. The number of hydrogen-bond donors (Lipinski definition) is 2. The maximum absolute atomic E-state index is 13.0. The molecule has 1 atom stereocenters. The number of ether oxygens (including phenoxy) is 1. The van der Waals surface area contributed by atoms with Gasteiger partial charge in [-0.05, 0) is 54.6 Å². The van der Waals surface area contributed by atoms with E-state index in [0.717, 1.165) is 25.5 Å². The summed E-state index contributed by atoms with van der Waals surface area (Å²) in [5.41, 5.74) is 8.54. The number of hydrogen-bond acceptors (Lipinski definition) is 9. The van der Waals surface area contributed by atoms with Gasteiger partial charge in [0, 0.05) is 32.4 Å².